The molecule has 6 rings (SSSR count). The number of benzene rings is 1. The maximum Gasteiger partial charge on any atom is 0.276 e. The van der Waals surface area contributed by atoms with E-state index in [4.69, 9.17) is 0 Å². The summed E-state index contributed by atoms with van der Waals surface area (Å²) >= 11 is 0. The molecule has 0 spiro atoms. The van der Waals surface area contributed by atoms with Gasteiger partial charge in [0.15, 0.2) is 0 Å². The first-order valence-electron chi connectivity index (χ1n) is 8.91. The molecule has 10 nitrogen and oxygen atoms in total. The fourth-order valence-electron chi connectivity index (χ4n) is 5.08. The van der Waals surface area contributed by atoms with Crippen LogP contribution in [0.5, 0.6) is 0 Å². The van der Waals surface area contributed by atoms with Crippen LogP contribution in [0.15, 0.2) is 35.5 Å². The lowest BCUT2D eigenvalue weighted by molar-refractivity contribution is -0.394. The highest BCUT2D eigenvalue weighted by molar-refractivity contribution is 6.06. The van der Waals surface area contributed by atoms with Crippen LogP contribution >= 0.6 is 0 Å². The van der Waals surface area contributed by atoms with Gasteiger partial charge in [0.2, 0.25) is 0 Å². The lowest BCUT2D eigenvalue weighted by atomic mass is 9.63. The van der Waals surface area contributed by atoms with Crippen LogP contribution in [-0.4, -0.2) is 32.9 Å². The molecular formula is C18H14N4O6. The topological polar surface area (TPSA) is 136 Å². The molecule has 6 atom stereocenters. The van der Waals surface area contributed by atoms with Gasteiger partial charge in [-0.2, -0.15) is 10.1 Å². The Hall–Kier alpha value is -3.43. The van der Waals surface area contributed by atoms with Gasteiger partial charge in [0.25, 0.3) is 23.2 Å². The van der Waals surface area contributed by atoms with Gasteiger partial charge in [-0.15, -0.1) is 0 Å². The molecule has 10 heteroatoms. The van der Waals surface area contributed by atoms with Crippen LogP contribution in [-0.2, 0) is 9.59 Å². The van der Waals surface area contributed by atoms with Gasteiger partial charge in [-0.1, -0.05) is 12.2 Å². The number of allylic oxidation sites excluding steroid dienone is 2. The molecule has 1 heterocycles. The third kappa shape index (κ3) is 2.23. The molecule has 0 N–H and O–H groups in total. The monoisotopic (exact) mass is 382 g/mol. The van der Waals surface area contributed by atoms with E-state index in [0.717, 1.165) is 35.8 Å². The smallest absolute Gasteiger partial charge is 0.272 e. The Bertz CT molecular complexity index is 949. The number of hydrogen-bond donors (Lipinski definition) is 0. The molecule has 2 amide bonds. The molecule has 0 radical (unpaired) electrons. The zero-order chi connectivity index (χ0) is 19.7. The fraction of sp³-hybridized carbons (Fsp3) is 0.389. The summed E-state index contributed by atoms with van der Waals surface area (Å²) in [6.45, 7) is 0. The number of nitrogens with zero attached hydrogens (tertiary/aromatic N) is 4. The summed E-state index contributed by atoms with van der Waals surface area (Å²) in [7, 11) is 0. The number of amides is 2. The van der Waals surface area contributed by atoms with Crippen molar-refractivity contribution in [2.24, 2.45) is 40.6 Å². The van der Waals surface area contributed by atoms with Crippen LogP contribution in [0.4, 0.5) is 11.4 Å². The second kappa shape index (κ2) is 5.54. The zero-order valence-corrected chi connectivity index (χ0v) is 14.4. The third-order valence-corrected chi connectivity index (χ3v) is 6.31. The predicted octanol–water partition coefficient (Wildman–Crippen LogP) is 1.89. The van der Waals surface area contributed by atoms with Crippen molar-refractivity contribution in [1.82, 2.24) is 5.01 Å². The number of imide groups is 1. The quantitative estimate of drug-likeness (QED) is 0.256. The molecule has 1 aliphatic heterocycles. The van der Waals surface area contributed by atoms with Gasteiger partial charge >= 0.3 is 0 Å². The molecule has 3 fully saturated rings. The van der Waals surface area contributed by atoms with Crippen LogP contribution in [0.25, 0.3) is 0 Å². The standard InChI is InChI=1S/C18H14N4O6/c23-17-15-11-1-2-12(14-6-13(11)14)16(15)18(24)20(17)19-7-8-3-9(21(25)26)5-10(4-8)22(27)28/h1-5,7,11-16H,6H2/b19-7-/t11-,12-,13-,14+,15-,16+/m0/s1. The lowest BCUT2D eigenvalue weighted by Gasteiger charge is -2.37. The summed E-state index contributed by atoms with van der Waals surface area (Å²) in [5, 5.41) is 26.8. The van der Waals surface area contributed by atoms with E-state index in [-0.39, 0.29) is 29.2 Å². The Morgan fingerprint density at radius 3 is 1.89 bits per heavy atom. The number of hydrogen-bond acceptors (Lipinski definition) is 7. The van der Waals surface area contributed by atoms with Crippen molar-refractivity contribution in [2.45, 2.75) is 6.42 Å². The predicted molar refractivity (Wildman–Crippen MR) is 93.9 cm³/mol. The van der Waals surface area contributed by atoms with Gasteiger partial charge < -0.3 is 0 Å². The first-order valence-corrected chi connectivity index (χ1v) is 8.91. The fourth-order valence-corrected chi connectivity index (χ4v) is 5.08. The van der Waals surface area contributed by atoms with Gasteiger partial charge in [-0.25, -0.2) is 0 Å². The lowest BCUT2D eigenvalue weighted by Crippen LogP contribution is -2.40. The molecule has 1 aromatic rings. The summed E-state index contributed by atoms with van der Waals surface area (Å²) in [5.74, 6) is -0.462. The molecule has 2 bridgehead atoms. The van der Waals surface area contributed by atoms with Gasteiger partial charge in [0.05, 0.1) is 34.0 Å². The molecule has 0 aromatic heterocycles. The summed E-state index contributed by atoms with van der Waals surface area (Å²) in [4.78, 5) is 46.1. The maximum atomic E-state index is 12.8. The summed E-state index contributed by atoms with van der Waals surface area (Å²) in [5.41, 5.74) is -0.864. The Balaban J connectivity index is 1.45. The molecule has 4 aliphatic carbocycles. The minimum Gasteiger partial charge on any atom is -0.272 e. The van der Waals surface area contributed by atoms with Crippen LogP contribution in [0.2, 0.25) is 0 Å². The number of carbonyl (C=O) groups is 2. The van der Waals surface area contributed by atoms with Crippen molar-refractivity contribution < 1.29 is 19.4 Å². The number of nitro benzene ring substituents is 2. The van der Waals surface area contributed by atoms with E-state index >= 15 is 0 Å². The van der Waals surface area contributed by atoms with E-state index in [9.17, 15) is 29.8 Å². The van der Waals surface area contributed by atoms with Gasteiger partial charge in [-0.05, 0) is 30.1 Å². The van der Waals surface area contributed by atoms with Gasteiger partial charge in [-0.3, -0.25) is 29.8 Å². The highest BCUT2D eigenvalue weighted by atomic mass is 16.6. The summed E-state index contributed by atoms with van der Waals surface area (Å²) in [6.07, 6.45) is 6.23. The largest absolute Gasteiger partial charge is 0.276 e. The second-order valence-corrected chi connectivity index (χ2v) is 7.68. The van der Waals surface area contributed by atoms with Gasteiger partial charge in [0, 0.05) is 17.7 Å². The molecule has 5 aliphatic rings. The Morgan fingerprint density at radius 1 is 0.929 bits per heavy atom. The number of carbonyl (C=O) groups excluding carboxylic acids is 2. The van der Waals surface area contributed by atoms with Crippen molar-refractivity contribution in [3.63, 3.8) is 0 Å². The van der Waals surface area contributed by atoms with E-state index in [1.165, 1.54) is 0 Å². The van der Waals surface area contributed by atoms with E-state index < -0.39 is 33.1 Å². The molecule has 142 valence electrons. The minimum absolute atomic E-state index is 0.0653. The SMILES string of the molecule is O=C1[C@@H]2[C@H]3C=C[C@@H]([C@@H]4C[C@H]34)[C@@H]2C(=O)N1/N=C\c1cc([N+](=O)[O-])cc([N+](=O)[O-])c1. The van der Waals surface area contributed by atoms with Crippen LogP contribution in [0.1, 0.15) is 12.0 Å². The number of rotatable bonds is 4. The molecule has 0 unspecified atom stereocenters. The molecule has 2 saturated carbocycles. The zero-order valence-electron chi connectivity index (χ0n) is 14.4. The minimum atomic E-state index is -0.749. The second-order valence-electron chi connectivity index (χ2n) is 7.68. The first-order chi connectivity index (χ1) is 13.4. The molecule has 1 aromatic carbocycles. The average molecular weight is 382 g/mol. The highest BCUT2D eigenvalue weighted by Gasteiger charge is 2.67. The van der Waals surface area contributed by atoms with E-state index in [1.54, 1.807) is 0 Å². The van der Waals surface area contributed by atoms with Crippen molar-refractivity contribution >= 4 is 29.4 Å². The summed E-state index contributed by atoms with van der Waals surface area (Å²) < 4.78 is 0. The van der Waals surface area contributed by atoms with Crippen molar-refractivity contribution in [2.75, 3.05) is 0 Å². The average Bonchev–Trinajstić information content (AvgIpc) is 3.45. The first kappa shape index (κ1) is 16.7. The molecule has 1 saturated heterocycles. The van der Waals surface area contributed by atoms with E-state index in [2.05, 4.69) is 5.10 Å². The Morgan fingerprint density at radius 2 is 1.43 bits per heavy atom. The van der Waals surface area contributed by atoms with E-state index in [0.29, 0.717) is 11.8 Å². The van der Waals surface area contributed by atoms with Crippen molar-refractivity contribution in [1.29, 1.82) is 0 Å². The molecule has 28 heavy (non-hydrogen) atoms. The highest BCUT2D eigenvalue weighted by Crippen LogP contribution is 2.65. The maximum absolute atomic E-state index is 12.8. The van der Waals surface area contributed by atoms with Gasteiger partial charge in [0.1, 0.15) is 0 Å². The third-order valence-electron chi connectivity index (χ3n) is 6.31. The normalized spacial score (nSPS) is 34.6. The number of nitro groups is 2. The Labute approximate surface area is 157 Å². The van der Waals surface area contributed by atoms with E-state index in [1.807, 2.05) is 12.2 Å². The van der Waals surface area contributed by atoms with Crippen molar-refractivity contribution in [3.8, 4) is 0 Å². The number of hydrazone groups is 1. The van der Waals surface area contributed by atoms with Crippen molar-refractivity contribution in [3.05, 3.63) is 56.1 Å². The Kier molecular flexibility index (Phi) is 3.31. The van der Waals surface area contributed by atoms with Crippen LogP contribution in [0, 0.1) is 55.7 Å². The molecular weight excluding hydrogens is 368 g/mol. The van der Waals surface area contributed by atoms with Crippen LogP contribution < -0.4 is 0 Å². The summed E-state index contributed by atoms with van der Waals surface area (Å²) in [6, 6.07) is 3.05. The van der Waals surface area contributed by atoms with Crippen LogP contribution in [0.3, 0.4) is 0 Å². The number of non-ortho nitro benzene ring substituents is 2.